The molecule has 0 spiro atoms. The maximum absolute atomic E-state index is 13.3. The summed E-state index contributed by atoms with van der Waals surface area (Å²) in [5, 5.41) is 2.68. The van der Waals surface area contributed by atoms with E-state index in [1.54, 1.807) is 0 Å². The fourth-order valence-corrected chi connectivity index (χ4v) is 11.3. The summed E-state index contributed by atoms with van der Waals surface area (Å²) in [5.74, 6) is 0.554. The summed E-state index contributed by atoms with van der Waals surface area (Å²) in [5.41, 5.74) is -0.842. The number of rotatable bonds is 8. The lowest BCUT2D eigenvalue weighted by Crippen LogP contribution is -2.67. The molecule has 0 heterocycles. The van der Waals surface area contributed by atoms with Crippen LogP contribution in [0.25, 0.3) is 0 Å². The fourth-order valence-electron chi connectivity index (χ4n) is 6.59. The summed E-state index contributed by atoms with van der Waals surface area (Å²) in [7, 11) is -2.56. The van der Waals surface area contributed by atoms with E-state index >= 15 is 0 Å². The third kappa shape index (κ3) is 6.34. The van der Waals surface area contributed by atoms with Gasteiger partial charge in [-0.25, -0.2) is 0 Å². The molecule has 2 aliphatic carbocycles. The molecule has 0 aromatic heterocycles. The first-order valence-electron chi connectivity index (χ1n) is 14.6. The van der Waals surface area contributed by atoms with E-state index in [0.717, 1.165) is 38.5 Å². The van der Waals surface area contributed by atoms with Crippen LogP contribution >= 0.6 is 0 Å². The van der Waals surface area contributed by atoms with Crippen LogP contribution in [0.15, 0.2) is 72.8 Å². The number of ether oxygens (including phenoxy) is 1. The second kappa shape index (κ2) is 11.5. The van der Waals surface area contributed by atoms with Crippen molar-refractivity contribution >= 4 is 24.7 Å². The van der Waals surface area contributed by atoms with Crippen LogP contribution < -0.4 is 10.4 Å². The molecule has 206 valence electrons. The van der Waals surface area contributed by atoms with E-state index in [1.165, 1.54) is 23.2 Å². The summed E-state index contributed by atoms with van der Waals surface area (Å²) in [6.07, 6.45) is 12.7. The molecular formula is C34H48O3Si. The molecular weight excluding hydrogens is 484 g/mol. The molecule has 0 amide bonds. The third-order valence-electron chi connectivity index (χ3n) is 8.54. The van der Waals surface area contributed by atoms with E-state index in [4.69, 9.17) is 9.16 Å². The van der Waals surface area contributed by atoms with Crippen LogP contribution in [-0.2, 0) is 14.0 Å². The van der Waals surface area contributed by atoms with Gasteiger partial charge in [0.25, 0.3) is 8.32 Å². The van der Waals surface area contributed by atoms with E-state index in [0.29, 0.717) is 5.92 Å². The van der Waals surface area contributed by atoms with E-state index in [1.807, 2.05) is 20.8 Å². The van der Waals surface area contributed by atoms with Crippen molar-refractivity contribution in [2.75, 3.05) is 0 Å². The highest BCUT2D eigenvalue weighted by molar-refractivity contribution is 6.99. The number of hydrogen-bond donors (Lipinski definition) is 0. The highest BCUT2D eigenvalue weighted by Crippen LogP contribution is 2.44. The van der Waals surface area contributed by atoms with Crippen molar-refractivity contribution in [3.63, 3.8) is 0 Å². The Bertz CT molecular complexity index is 1030. The largest absolute Gasteiger partial charge is 0.460 e. The van der Waals surface area contributed by atoms with Gasteiger partial charge in [0.05, 0.1) is 5.41 Å². The molecule has 2 aromatic carbocycles. The van der Waals surface area contributed by atoms with Crippen LogP contribution in [0.3, 0.4) is 0 Å². The molecule has 2 aliphatic rings. The van der Waals surface area contributed by atoms with Crippen LogP contribution in [0, 0.1) is 11.3 Å². The standard InChI is InChI=1S/C34H48O3Si/c1-32(2,3)36-31(35)34(23-13-14-24-34)25-22-27-16-15-17-28(26-27)37-38(33(4,5)6,29-18-9-7-10-19-29)30-20-11-8-12-21-30/h7-14,18-21,27-28H,15-17,22-26H2,1-6H3. The van der Waals surface area contributed by atoms with Gasteiger partial charge in [0.2, 0.25) is 0 Å². The van der Waals surface area contributed by atoms with Gasteiger partial charge in [-0.2, -0.15) is 0 Å². The van der Waals surface area contributed by atoms with Crippen LogP contribution in [0.5, 0.6) is 0 Å². The number of hydrogen-bond acceptors (Lipinski definition) is 3. The fraction of sp³-hybridized carbons (Fsp3) is 0.559. The second-order valence-corrected chi connectivity index (χ2v) is 17.9. The first-order valence-corrected chi connectivity index (χ1v) is 16.5. The summed E-state index contributed by atoms with van der Waals surface area (Å²) in [6, 6.07) is 22.0. The number of allylic oxidation sites excluding steroid dienone is 2. The van der Waals surface area contributed by atoms with Gasteiger partial charge in [0.1, 0.15) is 5.60 Å². The molecule has 1 fully saturated rings. The Hall–Kier alpha value is -2.17. The van der Waals surface area contributed by atoms with Crippen LogP contribution in [0.2, 0.25) is 5.04 Å². The molecule has 2 unspecified atom stereocenters. The van der Waals surface area contributed by atoms with Gasteiger partial charge in [0.15, 0.2) is 0 Å². The van der Waals surface area contributed by atoms with Gasteiger partial charge in [-0.3, -0.25) is 4.79 Å². The topological polar surface area (TPSA) is 35.5 Å². The lowest BCUT2D eigenvalue weighted by Gasteiger charge is -2.46. The van der Waals surface area contributed by atoms with E-state index < -0.39 is 13.9 Å². The zero-order valence-electron chi connectivity index (χ0n) is 24.5. The minimum absolute atomic E-state index is 0.0149. The van der Waals surface area contributed by atoms with Crippen molar-refractivity contribution in [3.8, 4) is 0 Å². The summed E-state index contributed by atoms with van der Waals surface area (Å²) >= 11 is 0. The molecule has 4 heteroatoms. The molecule has 2 atom stereocenters. The minimum Gasteiger partial charge on any atom is -0.460 e. The lowest BCUT2D eigenvalue weighted by molar-refractivity contribution is -0.167. The first-order chi connectivity index (χ1) is 18.0. The first kappa shape index (κ1) is 28.8. The average Bonchev–Trinajstić information content (AvgIpc) is 3.36. The number of carbonyl (C=O) groups excluding carboxylic acids is 1. The third-order valence-corrected chi connectivity index (χ3v) is 13.6. The highest BCUT2D eigenvalue weighted by Gasteiger charge is 2.52. The number of esters is 1. The van der Waals surface area contributed by atoms with Gasteiger partial charge in [-0.15, -0.1) is 0 Å². The maximum atomic E-state index is 13.3. The molecule has 4 rings (SSSR count). The van der Waals surface area contributed by atoms with Crippen LogP contribution in [0.4, 0.5) is 0 Å². The number of benzene rings is 2. The Labute approximate surface area is 232 Å². The van der Waals surface area contributed by atoms with Crippen LogP contribution in [-0.4, -0.2) is 26.0 Å². The predicted octanol–water partition coefficient (Wildman–Crippen LogP) is 7.58. The average molecular weight is 533 g/mol. The van der Waals surface area contributed by atoms with Gasteiger partial charge in [0, 0.05) is 6.10 Å². The Morgan fingerprint density at radius 2 is 1.42 bits per heavy atom. The quantitative estimate of drug-likeness (QED) is 0.200. The summed E-state index contributed by atoms with van der Waals surface area (Å²) in [6.45, 7) is 13.0. The predicted molar refractivity (Wildman–Crippen MR) is 160 cm³/mol. The van der Waals surface area contributed by atoms with E-state index in [-0.39, 0.29) is 22.5 Å². The zero-order chi connectivity index (χ0) is 27.4. The monoisotopic (exact) mass is 532 g/mol. The van der Waals surface area contributed by atoms with Crippen molar-refractivity contribution in [1.82, 2.24) is 0 Å². The molecule has 0 aliphatic heterocycles. The molecule has 2 aromatic rings. The van der Waals surface area contributed by atoms with Crippen molar-refractivity contribution in [2.45, 2.75) is 110 Å². The van der Waals surface area contributed by atoms with E-state index in [2.05, 4.69) is 93.6 Å². The van der Waals surface area contributed by atoms with Crippen molar-refractivity contribution in [1.29, 1.82) is 0 Å². The SMILES string of the molecule is CC(C)(C)OC(=O)C1(CCC2CCCC(O[Si](c3ccccc3)(c3ccccc3)C(C)(C)C)C2)CC=CC1. The Balaban J connectivity index is 1.54. The molecule has 1 saturated carbocycles. The van der Waals surface area contributed by atoms with Crippen molar-refractivity contribution in [2.24, 2.45) is 11.3 Å². The maximum Gasteiger partial charge on any atom is 0.313 e. The molecule has 3 nitrogen and oxygen atoms in total. The van der Waals surface area contributed by atoms with Gasteiger partial charge < -0.3 is 9.16 Å². The Morgan fingerprint density at radius 3 is 1.92 bits per heavy atom. The molecule has 0 N–H and O–H groups in total. The van der Waals surface area contributed by atoms with Crippen molar-refractivity contribution < 1.29 is 14.0 Å². The highest BCUT2D eigenvalue weighted by atomic mass is 28.4. The van der Waals surface area contributed by atoms with Gasteiger partial charge >= 0.3 is 5.97 Å². The second-order valence-electron chi connectivity index (χ2n) is 13.6. The molecule has 0 saturated heterocycles. The van der Waals surface area contributed by atoms with Gasteiger partial charge in [-0.1, -0.05) is 106 Å². The van der Waals surface area contributed by atoms with Gasteiger partial charge in [-0.05, 0) is 80.6 Å². The minimum atomic E-state index is -2.56. The van der Waals surface area contributed by atoms with Crippen LogP contribution in [0.1, 0.15) is 92.9 Å². The Kier molecular flexibility index (Phi) is 8.74. The van der Waals surface area contributed by atoms with E-state index in [9.17, 15) is 4.79 Å². The molecule has 0 radical (unpaired) electrons. The number of carbonyl (C=O) groups is 1. The Morgan fingerprint density at radius 1 is 0.868 bits per heavy atom. The summed E-state index contributed by atoms with van der Waals surface area (Å²) in [4.78, 5) is 13.3. The molecule has 0 bridgehead atoms. The smallest absolute Gasteiger partial charge is 0.313 e. The van der Waals surface area contributed by atoms with Crippen molar-refractivity contribution in [3.05, 3.63) is 72.8 Å². The normalized spacial score (nSPS) is 21.8. The summed E-state index contributed by atoms with van der Waals surface area (Å²) < 4.78 is 13.4. The zero-order valence-corrected chi connectivity index (χ0v) is 25.5. The lowest BCUT2D eigenvalue weighted by atomic mass is 9.75. The molecule has 38 heavy (non-hydrogen) atoms.